The number of fused-ring (bicyclic) bond motifs is 1. The van der Waals surface area contributed by atoms with Gasteiger partial charge in [0, 0.05) is 26.0 Å². The standard InChI is InChI=1S/C18H23N7O4/c1-21-8-11(9-22-10-20)16(26)24-18-23-14-12(17(27)25(18)2)4-5-13(15(14)28-3)29-7-6-19/h4-5,8-9H,1,6-7,10,19-20H2,2-3H3,(H,23,24,26)/b11-8+,22-9-. The van der Waals surface area contributed by atoms with E-state index in [1.165, 1.54) is 31.1 Å². The highest BCUT2D eigenvalue weighted by Gasteiger charge is 2.18. The summed E-state index contributed by atoms with van der Waals surface area (Å²) >= 11 is 0. The molecule has 0 atom stereocenters. The number of methoxy groups -OCH3 is 1. The maximum absolute atomic E-state index is 12.8. The predicted molar refractivity (Wildman–Crippen MR) is 112 cm³/mol. The highest BCUT2D eigenvalue weighted by atomic mass is 16.5. The molecule has 29 heavy (non-hydrogen) atoms. The smallest absolute Gasteiger partial charge is 0.262 e. The lowest BCUT2D eigenvalue weighted by molar-refractivity contribution is -0.112. The number of rotatable bonds is 9. The number of amides is 1. The van der Waals surface area contributed by atoms with Crippen molar-refractivity contribution in [3.63, 3.8) is 0 Å². The summed E-state index contributed by atoms with van der Waals surface area (Å²) in [5.41, 5.74) is 10.7. The van der Waals surface area contributed by atoms with Crippen LogP contribution in [0.4, 0.5) is 5.95 Å². The second-order valence-electron chi connectivity index (χ2n) is 5.65. The summed E-state index contributed by atoms with van der Waals surface area (Å²) in [4.78, 5) is 37.1. The number of benzene rings is 1. The Hall–Kier alpha value is -3.57. The molecule has 0 saturated carbocycles. The molecule has 0 radical (unpaired) electrons. The van der Waals surface area contributed by atoms with E-state index >= 15 is 0 Å². The molecule has 0 aliphatic carbocycles. The first-order chi connectivity index (χ1) is 14.0. The Morgan fingerprint density at radius 3 is 2.79 bits per heavy atom. The summed E-state index contributed by atoms with van der Waals surface area (Å²) in [6, 6.07) is 3.18. The Bertz CT molecular complexity index is 1030. The van der Waals surface area contributed by atoms with Gasteiger partial charge in [0.05, 0.1) is 24.7 Å². The third kappa shape index (κ3) is 4.83. The van der Waals surface area contributed by atoms with E-state index in [-0.39, 0.29) is 41.6 Å². The van der Waals surface area contributed by atoms with Crippen molar-refractivity contribution in [1.82, 2.24) is 9.55 Å². The lowest BCUT2D eigenvalue weighted by atomic mass is 10.2. The number of ether oxygens (including phenoxy) is 2. The highest BCUT2D eigenvalue weighted by Crippen LogP contribution is 2.33. The van der Waals surface area contributed by atoms with Crippen LogP contribution in [0.2, 0.25) is 0 Å². The van der Waals surface area contributed by atoms with E-state index in [1.807, 2.05) is 0 Å². The number of hydrogen-bond acceptors (Lipinski definition) is 9. The lowest BCUT2D eigenvalue weighted by Gasteiger charge is -2.15. The Labute approximate surface area is 166 Å². The molecule has 1 aromatic carbocycles. The first-order valence-corrected chi connectivity index (χ1v) is 8.56. The van der Waals surface area contributed by atoms with Gasteiger partial charge in [0.1, 0.15) is 12.1 Å². The van der Waals surface area contributed by atoms with E-state index in [4.69, 9.17) is 20.9 Å². The van der Waals surface area contributed by atoms with Crippen LogP contribution in [0.25, 0.3) is 10.9 Å². The minimum atomic E-state index is -0.592. The van der Waals surface area contributed by atoms with Crippen LogP contribution in [0, 0.1) is 0 Å². The molecule has 5 N–H and O–H groups in total. The topological polar surface area (TPSA) is 159 Å². The second kappa shape index (κ2) is 10.1. The number of anilines is 1. The Kier molecular flexibility index (Phi) is 7.57. The fourth-order valence-corrected chi connectivity index (χ4v) is 2.46. The number of hydrogen-bond donors (Lipinski definition) is 3. The molecule has 11 nitrogen and oxygen atoms in total. The molecule has 154 valence electrons. The van der Waals surface area contributed by atoms with Gasteiger partial charge >= 0.3 is 0 Å². The number of nitrogens with zero attached hydrogens (tertiary/aromatic N) is 4. The van der Waals surface area contributed by atoms with Crippen LogP contribution >= 0.6 is 0 Å². The SMILES string of the molecule is C=N/C=C(\C=N/CN)C(=O)Nc1nc2c(OC)c(OCCN)ccc2c(=O)n1C. The molecule has 0 fully saturated rings. The molecular weight excluding hydrogens is 378 g/mol. The van der Waals surface area contributed by atoms with E-state index in [2.05, 4.69) is 27.0 Å². The summed E-state index contributed by atoms with van der Waals surface area (Å²) in [7, 11) is 2.92. The number of nitrogens with one attached hydrogen (secondary N) is 1. The van der Waals surface area contributed by atoms with Crippen molar-refractivity contribution >= 4 is 35.7 Å². The minimum absolute atomic E-state index is 0.00196. The number of carbonyl (C=O) groups excluding carboxylic acids is 1. The molecule has 2 rings (SSSR count). The van der Waals surface area contributed by atoms with Crippen LogP contribution in [0.15, 0.2) is 38.7 Å². The Balaban J connectivity index is 2.56. The molecule has 1 heterocycles. The first kappa shape index (κ1) is 21.7. The van der Waals surface area contributed by atoms with Gasteiger partial charge < -0.3 is 20.9 Å². The summed E-state index contributed by atoms with van der Waals surface area (Å²) in [5, 5.41) is 2.86. The van der Waals surface area contributed by atoms with Crippen molar-refractivity contribution < 1.29 is 14.3 Å². The monoisotopic (exact) mass is 401 g/mol. The van der Waals surface area contributed by atoms with Crippen molar-refractivity contribution in [3.8, 4) is 11.5 Å². The van der Waals surface area contributed by atoms with E-state index in [1.54, 1.807) is 12.1 Å². The number of aliphatic imine (C=N–C) groups is 2. The third-order valence-electron chi connectivity index (χ3n) is 3.80. The van der Waals surface area contributed by atoms with Crippen LogP contribution in [-0.2, 0) is 11.8 Å². The minimum Gasteiger partial charge on any atom is -0.491 e. The van der Waals surface area contributed by atoms with Crippen molar-refractivity contribution in [2.24, 2.45) is 28.5 Å². The largest absolute Gasteiger partial charge is 0.491 e. The van der Waals surface area contributed by atoms with Gasteiger partial charge in [0.2, 0.25) is 5.95 Å². The normalized spacial score (nSPS) is 11.7. The quantitative estimate of drug-likeness (QED) is 0.387. The molecule has 0 bridgehead atoms. The first-order valence-electron chi connectivity index (χ1n) is 8.56. The lowest BCUT2D eigenvalue weighted by Crippen LogP contribution is -2.26. The van der Waals surface area contributed by atoms with Gasteiger partial charge in [-0.1, -0.05) is 0 Å². The zero-order chi connectivity index (χ0) is 21.4. The van der Waals surface area contributed by atoms with Gasteiger partial charge in [0.25, 0.3) is 11.5 Å². The summed E-state index contributed by atoms with van der Waals surface area (Å²) in [5.74, 6) is 0.0520. The van der Waals surface area contributed by atoms with Crippen LogP contribution in [0.1, 0.15) is 0 Å². The molecule has 0 unspecified atom stereocenters. The second-order valence-corrected chi connectivity index (χ2v) is 5.65. The van der Waals surface area contributed by atoms with E-state index in [0.29, 0.717) is 17.7 Å². The van der Waals surface area contributed by atoms with Crippen LogP contribution < -0.4 is 31.8 Å². The highest BCUT2D eigenvalue weighted by molar-refractivity contribution is 6.17. The van der Waals surface area contributed by atoms with E-state index in [0.717, 1.165) is 0 Å². The summed E-state index contributed by atoms with van der Waals surface area (Å²) in [6.45, 7) is 3.89. The fourth-order valence-electron chi connectivity index (χ4n) is 2.46. The zero-order valence-corrected chi connectivity index (χ0v) is 16.2. The summed E-state index contributed by atoms with van der Waals surface area (Å²) in [6.07, 6.45) is 2.47. The van der Waals surface area contributed by atoms with Gasteiger partial charge in [-0.05, 0) is 18.9 Å². The molecule has 11 heteroatoms. The molecule has 1 amide bonds. The number of carbonyl (C=O) groups is 1. The van der Waals surface area contributed by atoms with Crippen LogP contribution in [-0.4, -0.2) is 55.3 Å². The fraction of sp³-hybridized carbons (Fsp3) is 0.278. The maximum atomic E-state index is 12.8. The van der Waals surface area contributed by atoms with Crippen molar-refractivity contribution in [3.05, 3.63) is 34.3 Å². The molecule has 1 aromatic heterocycles. The molecule has 0 saturated heterocycles. The zero-order valence-electron chi connectivity index (χ0n) is 16.2. The molecule has 0 aliphatic rings. The molecular formula is C18H23N7O4. The third-order valence-corrected chi connectivity index (χ3v) is 3.80. The number of aromatic nitrogens is 2. The van der Waals surface area contributed by atoms with Gasteiger partial charge in [-0.25, -0.2) is 4.98 Å². The van der Waals surface area contributed by atoms with Gasteiger partial charge in [-0.15, -0.1) is 0 Å². The van der Waals surface area contributed by atoms with E-state index in [9.17, 15) is 9.59 Å². The van der Waals surface area contributed by atoms with Crippen molar-refractivity contribution in [1.29, 1.82) is 0 Å². The predicted octanol–water partition coefficient (Wildman–Crippen LogP) is -0.210. The maximum Gasteiger partial charge on any atom is 0.262 e. The Morgan fingerprint density at radius 1 is 1.41 bits per heavy atom. The van der Waals surface area contributed by atoms with Gasteiger partial charge in [-0.3, -0.25) is 29.5 Å². The molecule has 0 aliphatic heterocycles. The van der Waals surface area contributed by atoms with E-state index < -0.39 is 5.91 Å². The average molecular weight is 401 g/mol. The van der Waals surface area contributed by atoms with Crippen molar-refractivity contribution in [2.45, 2.75) is 0 Å². The Morgan fingerprint density at radius 2 is 2.17 bits per heavy atom. The average Bonchev–Trinajstić information content (AvgIpc) is 2.72. The molecule has 0 spiro atoms. The van der Waals surface area contributed by atoms with Crippen molar-refractivity contribution in [2.75, 3.05) is 32.2 Å². The van der Waals surface area contributed by atoms with Crippen LogP contribution in [0.3, 0.4) is 0 Å². The van der Waals surface area contributed by atoms with Crippen LogP contribution in [0.5, 0.6) is 11.5 Å². The number of nitrogens with two attached hydrogens (primary N) is 2. The molecule has 2 aromatic rings. The summed E-state index contributed by atoms with van der Waals surface area (Å²) < 4.78 is 12.1. The van der Waals surface area contributed by atoms with Gasteiger partial charge in [-0.2, -0.15) is 0 Å². The van der Waals surface area contributed by atoms with Gasteiger partial charge in [0.15, 0.2) is 11.5 Å².